The van der Waals surface area contributed by atoms with Gasteiger partial charge >= 0.3 is 5.97 Å². The van der Waals surface area contributed by atoms with E-state index in [0.717, 1.165) is 15.1 Å². The van der Waals surface area contributed by atoms with E-state index in [2.05, 4.69) is 4.98 Å². The third-order valence-corrected chi connectivity index (χ3v) is 5.16. The maximum absolute atomic E-state index is 14.0. The van der Waals surface area contributed by atoms with Crippen LogP contribution in [0.1, 0.15) is 10.4 Å². The van der Waals surface area contributed by atoms with Crippen LogP contribution in [0.15, 0.2) is 60.8 Å². The van der Waals surface area contributed by atoms with Crippen molar-refractivity contribution < 1.29 is 19.0 Å². The first-order valence-corrected chi connectivity index (χ1v) is 8.78. The summed E-state index contributed by atoms with van der Waals surface area (Å²) in [7, 11) is 0. The predicted octanol–water partition coefficient (Wildman–Crippen LogP) is 5.18. The molecular formula is C20H13FN2O3S. The van der Waals surface area contributed by atoms with Crippen molar-refractivity contribution in [2.75, 3.05) is 5.73 Å². The second-order valence-electron chi connectivity index (χ2n) is 5.81. The molecule has 134 valence electrons. The minimum atomic E-state index is -0.972. The summed E-state index contributed by atoms with van der Waals surface area (Å²) in [5, 5.41) is 9.01. The van der Waals surface area contributed by atoms with Crippen LogP contribution in [0.3, 0.4) is 0 Å². The molecule has 0 aliphatic carbocycles. The van der Waals surface area contributed by atoms with E-state index in [-0.39, 0.29) is 11.3 Å². The van der Waals surface area contributed by atoms with Crippen molar-refractivity contribution in [1.29, 1.82) is 0 Å². The molecule has 2 heterocycles. The zero-order valence-corrected chi connectivity index (χ0v) is 14.7. The molecule has 0 aliphatic heterocycles. The molecule has 2 aromatic carbocycles. The van der Waals surface area contributed by atoms with Gasteiger partial charge < -0.3 is 15.6 Å². The summed E-state index contributed by atoms with van der Waals surface area (Å²) in [4.78, 5) is 16.2. The topological polar surface area (TPSA) is 85.4 Å². The van der Waals surface area contributed by atoms with Crippen LogP contribution in [0.2, 0.25) is 0 Å². The van der Waals surface area contributed by atoms with Gasteiger partial charge in [0.05, 0.1) is 15.8 Å². The molecule has 0 saturated carbocycles. The van der Waals surface area contributed by atoms with Crippen molar-refractivity contribution in [3.8, 4) is 21.9 Å². The molecule has 0 unspecified atom stereocenters. The number of hydrogen-bond acceptors (Lipinski definition) is 5. The molecule has 3 N–H and O–H groups in total. The first-order chi connectivity index (χ1) is 13.0. The lowest BCUT2D eigenvalue weighted by Crippen LogP contribution is -1.94. The predicted molar refractivity (Wildman–Crippen MR) is 103 cm³/mol. The molecule has 0 spiro atoms. The molecule has 0 aliphatic rings. The molecule has 0 bridgehead atoms. The molecule has 0 radical (unpaired) electrons. The van der Waals surface area contributed by atoms with Crippen LogP contribution < -0.4 is 10.5 Å². The Hall–Kier alpha value is -3.45. The Balaban J connectivity index is 1.72. The highest BCUT2D eigenvalue weighted by Gasteiger charge is 2.13. The number of nitrogens with two attached hydrogens (primary N) is 1. The number of halogens is 1. The first kappa shape index (κ1) is 17.0. The number of thiophene rings is 1. The van der Waals surface area contributed by atoms with Gasteiger partial charge in [0, 0.05) is 28.9 Å². The Labute approximate surface area is 157 Å². The van der Waals surface area contributed by atoms with E-state index in [4.69, 9.17) is 15.6 Å². The highest BCUT2D eigenvalue weighted by Crippen LogP contribution is 2.39. The number of nitrogen functional groups attached to an aromatic ring is 1. The standard InChI is InChI=1S/C20H13FN2O3S/c21-14-9-13(22)5-6-16(14)26-17-7-8-23-15-10-18(27-19(15)17)11-1-3-12(4-2-11)20(24)25/h1-10H,22H2,(H,24,25). The number of carbonyl (C=O) groups is 1. The van der Waals surface area contributed by atoms with E-state index >= 15 is 0 Å². The summed E-state index contributed by atoms with van der Waals surface area (Å²) >= 11 is 1.44. The molecule has 0 fully saturated rings. The fraction of sp³-hybridized carbons (Fsp3) is 0. The van der Waals surface area contributed by atoms with E-state index in [9.17, 15) is 9.18 Å². The fourth-order valence-electron chi connectivity index (χ4n) is 2.63. The Kier molecular flexibility index (Phi) is 4.21. The molecule has 4 rings (SSSR count). The van der Waals surface area contributed by atoms with E-state index in [0.29, 0.717) is 17.0 Å². The number of carboxylic acids is 1. The van der Waals surface area contributed by atoms with Crippen LogP contribution in [-0.4, -0.2) is 16.1 Å². The van der Waals surface area contributed by atoms with Crippen molar-refractivity contribution in [1.82, 2.24) is 4.98 Å². The number of fused-ring (bicyclic) bond motifs is 1. The van der Waals surface area contributed by atoms with Gasteiger partial charge in [0.2, 0.25) is 0 Å². The number of rotatable bonds is 4. The highest BCUT2D eigenvalue weighted by molar-refractivity contribution is 7.22. The van der Waals surface area contributed by atoms with Gasteiger partial charge in [-0.3, -0.25) is 4.98 Å². The number of hydrogen-bond donors (Lipinski definition) is 2. The number of nitrogens with zero attached hydrogens (tertiary/aromatic N) is 1. The lowest BCUT2D eigenvalue weighted by Gasteiger charge is -2.07. The third-order valence-electron chi connectivity index (χ3n) is 3.97. The zero-order valence-electron chi connectivity index (χ0n) is 13.8. The van der Waals surface area contributed by atoms with Crippen molar-refractivity contribution in [3.05, 3.63) is 72.2 Å². The second-order valence-corrected chi connectivity index (χ2v) is 6.86. The Morgan fingerprint density at radius 2 is 1.85 bits per heavy atom. The summed E-state index contributed by atoms with van der Waals surface area (Å²) in [5.41, 5.74) is 7.70. The van der Waals surface area contributed by atoms with E-state index < -0.39 is 11.8 Å². The third kappa shape index (κ3) is 3.32. The van der Waals surface area contributed by atoms with Gasteiger partial charge in [-0.25, -0.2) is 9.18 Å². The second kappa shape index (κ2) is 6.69. The SMILES string of the molecule is Nc1ccc(Oc2ccnc3cc(-c4ccc(C(=O)O)cc4)sc23)c(F)c1. The first-order valence-electron chi connectivity index (χ1n) is 7.96. The Morgan fingerprint density at radius 1 is 1.07 bits per heavy atom. The van der Waals surface area contributed by atoms with Crippen molar-refractivity contribution in [2.45, 2.75) is 0 Å². The van der Waals surface area contributed by atoms with Crippen LogP contribution >= 0.6 is 11.3 Å². The van der Waals surface area contributed by atoms with Crippen LogP contribution in [0, 0.1) is 5.82 Å². The summed E-state index contributed by atoms with van der Waals surface area (Å²) in [6.45, 7) is 0. The fourth-order valence-corrected chi connectivity index (χ4v) is 3.70. The lowest BCUT2D eigenvalue weighted by atomic mass is 10.1. The maximum atomic E-state index is 14.0. The number of aromatic nitrogens is 1. The Bertz CT molecular complexity index is 1160. The van der Waals surface area contributed by atoms with Crippen LogP contribution in [0.4, 0.5) is 10.1 Å². The van der Waals surface area contributed by atoms with Gasteiger partial charge in [-0.2, -0.15) is 0 Å². The van der Waals surface area contributed by atoms with E-state index in [1.165, 1.54) is 23.5 Å². The minimum Gasteiger partial charge on any atom is -0.478 e. The van der Waals surface area contributed by atoms with E-state index in [1.807, 2.05) is 6.07 Å². The highest BCUT2D eigenvalue weighted by atomic mass is 32.1. The van der Waals surface area contributed by atoms with Crippen molar-refractivity contribution in [2.24, 2.45) is 0 Å². The minimum absolute atomic E-state index is 0.0810. The molecule has 5 nitrogen and oxygen atoms in total. The zero-order chi connectivity index (χ0) is 19.0. The lowest BCUT2D eigenvalue weighted by molar-refractivity contribution is 0.0697. The number of anilines is 1. The van der Waals surface area contributed by atoms with Gasteiger partial charge in [0.25, 0.3) is 0 Å². The molecular weight excluding hydrogens is 367 g/mol. The largest absolute Gasteiger partial charge is 0.478 e. The summed E-state index contributed by atoms with van der Waals surface area (Å²) in [5.74, 6) is -0.943. The number of carboxylic acid groups (broad SMARTS) is 1. The van der Waals surface area contributed by atoms with Gasteiger partial charge in [0.1, 0.15) is 5.75 Å². The molecule has 7 heteroatoms. The molecule has 27 heavy (non-hydrogen) atoms. The monoisotopic (exact) mass is 380 g/mol. The average Bonchev–Trinajstić information content (AvgIpc) is 3.09. The summed E-state index contributed by atoms with van der Waals surface area (Å²) in [6.07, 6.45) is 1.59. The molecule has 2 aromatic heterocycles. The smallest absolute Gasteiger partial charge is 0.335 e. The number of aromatic carboxylic acids is 1. The van der Waals surface area contributed by atoms with Crippen LogP contribution in [0.5, 0.6) is 11.5 Å². The maximum Gasteiger partial charge on any atom is 0.335 e. The van der Waals surface area contributed by atoms with Crippen LogP contribution in [0.25, 0.3) is 20.7 Å². The average molecular weight is 380 g/mol. The number of pyridine rings is 1. The molecule has 0 saturated heterocycles. The van der Waals surface area contributed by atoms with Gasteiger partial charge in [-0.05, 0) is 35.9 Å². The van der Waals surface area contributed by atoms with E-state index in [1.54, 1.807) is 42.6 Å². The Morgan fingerprint density at radius 3 is 2.56 bits per heavy atom. The summed E-state index contributed by atoms with van der Waals surface area (Å²) < 4.78 is 20.6. The summed E-state index contributed by atoms with van der Waals surface area (Å²) in [6, 6.07) is 14.4. The molecule has 0 amide bonds. The molecule has 0 atom stereocenters. The van der Waals surface area contributed by atoms with Gasteiger partial charge in [-0.1, -0.05) is 12.1 Å². The molecule has 4 aromatic rings. The normalized spacial score (nSPS) is 10.9. The van der Waals surface area contributed by atoms with Crippen molar-refractivity contribution in [3.63, 3.8) is 0 Å². The quantitative estimate of drug-likeness (QED) is 0.477. The van der Waals surface area contributed by atoms with Gasteiger partial charge in [-0.15, -0.1) is 11.3 Å². The number of ether oxygens (including phenoxy) is 1. The van der Waals surface area contributed by atoms with Crippen molar-refractivity contribution >= 4 is 33.2 Å². The van der Waals surface area contributed by atoms with Gasteiger partial charge in [0.15, 0.2) is 11.6 Å². The van der Waals surface area contributed by atoms with Crippen LogP contribution in [-0.2, 0) is 0 Å². The number of benzene rings is 2.